The van der Waals surface area contributed by atoms with Gasteiger partial charge in [-0.05, 0) is 31.0 Å². The Bertz CT molecular complexity index is 1010. The Morgan fingerprint density at radius 3 is 2.64 bits per heavy atom. The number of aromatic nitrogens is 1. The Hall–Kier alpha value is -2.00. The van der Waals surface area contributed by atoms with Gasteiger partial charge in [-0.25, -0.2) is 8.42 Å². The molecule has 1 amide bonds. The summed E-state index contributed by atoms with van der Waals surface area (Å²) in [5, 5.41) is 0. The molecule has 7 nitrogen and oxygen atoms in total. The third kappa shape index (κ3) is 3.67. The molecule has 0 atom stereocenters. The van der Waals surface area contributed by atoms with E-state index < -0.39 is 15.8 Å². The molecule has 1 fully saturated rings. The summed E-state index contributed by atoms with van der Waals surface area (Å²) in [5.41, 5.74) is 0.642. The van der Waals surface area contributed by atoms with Crippen LogP contribution in [0.2, 0.25) is 0 Å². The predicted octanol–water partition coefficient (Wildman–Crippen LogP) is 1.51. The first kappa shape index (κ1) is 17.8. The van der Waals surface area contributed by atoms with Gasteiger partial charge >= 0.3 is 5.97 Å². The first-order valence-corrected chi connectivity index (χ1v) is 10.5. The van der Waals surface area contributed by atoms with Gasteiger partial charge in [-0.2, -0.15) is 4.99 Å². The number of amides is 1. The van der Waals surface area contributed by atoms with Crippen LogP contribution < -0.4 is 4.80 Å². The zero-order valence-corrected chi connectivity index (χ0v) is 15.5. The van der Waals surface area contributed by atoms with E-state index >= 15 is 0 Å². The molecule has 0 unspecified atom stereocenters. The van der Waals surface area contributed by atoms with Gasteiger partial charge in [-0.3, -0.25) is 9.59 Å². The summed E-state index contributed by atoms with van der Waals surface area (Å²) in [7, 11) is -2.06. The Morgan fingerprint density at radius 2 is 2.08 bits per heavy atom. The predicted molar refractivity (Wildman–Crippen MR) is 92.9 cm³/mol. The van der Waals surface area contributed by atoms with E-state index in [1.807, 2.05) is 0 Å². The van der Waals surface area contributed by atoms with E-state index in [9.17, 15) is 18.0 Å². The fraction of sp³-hybridized carbons (Fsp3) is 0.438. The van der Waals surface area contributed by atoms with Crippen molar-refractivity contribution in [1.29, 1.82) is 0 Å². The summed E-state index contributed by atoms with van der Waals surface area (Å²) in [6, 6.07) is 4.64. The second-order valence-corrected chi connectivity index (χ2v) is 9.05. The highest BCUT2D eigenvalue weighted by Gasteiger charge is 2.25. The first-order chi connectivity index (χ1) is 11.8. The topological polar surface area (TPSA) is 94.8 Å². The highest BCUT2D eigenvalue weighted by atomic mass is 32.2. The van der Waals surface area contributed by atoms with E-state index in [1.165, 1.54) is 30.6 Å². The Balaban J connectivity index is 2.15. The number of hydrogen-bond donors (Lipinski definition) is 0. The van der Waals surface area contributed by atoms with Crippen molar-refractivity contribution in [3.63, 3.8) is 0 Å². The largest absolute Gasteiger partial charge is 0.468 e. The Kier molecular flexibility index (Phi) is 4.79. The van der Waals surface area contributed by atoms with Crippen LogP contribution in [0.15, 0.2) is 28.1 Å². The van der Waals surface area contributed by atoms with Gasteiger partial charge in [-0.1, -0.05) is 17.8 Å². The van der Waals surface area contributed by atoms with Gasteiger partial charge in [-0.15, -0.1) is 0 Å². The highest BCUT2D eigenvalue weighted by Crippen LogP contribution is 2.27. The standard InChI is InChI=1S/C16H18N2O5S2/c1-23-14(19)9-18-12-7-6-11(25(2,21)22)8-13(12)24-16(18)17-15(20)10-4-3-5-10/h6-8,10H,3-5,9H2,1-2H3. The van der Waals surface area contributed by atoms with Crippen molar-refractivity contribution < 1.29 is 22.7 Å². The minimum Gasteiger partial charge on any atom is -0.468 e. The number of thiazole rings is 1. The second kappa shape index (κ2) is 6.72. The van der Waals surface area contributed by atoms with Crippen molar-refractivity contribution in [1.82, 2.24) is 4.57 Å². The number of nitrogens with zero attached hydrogens (tertiary/aromatic N) is 2. The number of carbonyl (C=O) groups excluding carboxylic acids is 2. The third-order valence-electron chi connectivity index (χ3n) is 4.26. The van der Waals surface area contributed by atoms with Crippen molar-refractivity contribution in [2.24, 2.45) is 10.9 Å². The average molecular weight is 382 g/mol. The molecule has 1 aliphatic carbocycles. The zero-order chi connectivity index (χ0) is 18.2. The summed E-state index contributed by atoms with van der Waals surface area (Å²) in [5.74, 6) is -0.715. The highest BCUT2D eigenvalue weighted by molar-refractivity contribution is 7.90. The van der Waals surface area contributed by atoms with E-state index in [4.69, 9.17) is 4.74 Å². The molecule has 1 saturated carbocycles. The maximum absolute atomic E-state index is 12.2. The van der Waals surface area contributed by atoms with E-state index in [-0.39, 0.29) is 23.3 Å². The van der Waals surface area contributed by atoms with Crippen LogP contribution >= 0.6 is 11.3 Å². The first-order valence-electron chi connectivity index (χ1n) is 7.78. The van der Waals surface area contributed by atoms with Gasteiger partial charge in [0.1, 0.15) is 6.54 Å². The van der Waals surface area contributed by atoms with Crippen molar-refractivity contribution in [3.8, 4) is 0 Å². The molecule has 25 heavy (non-hydrogen) atoms. The molecule has 0 N–H and O–H groups in total. The van der Waals surface area contributed by atoms with Crippen LogP contribution in [0.1, 0.15) is 19.3 Å². The van der Waals surface area contributed by atoms with Crippen LogP contribution in [0, 0.1) is 5.92 Å². The summed E-state index contributed by atoms with van der Waals surface area (Å²) < 4.78 is 30.5. The molecule has 9 heteroatoms. The van der Waals surface area contributed by atoms with Crippen LogP contribution in [-0.4, -0.2) is 38.2 Å². The van der Waals surface area contributed by atoms with Crippen LogP contribution in [0.5, 0.6) is 0 Å². The van der Waals surface area contributed by atoms with Crippen molar-refractivity contribution in [3.05, 3.63) is 23.0 Å². The summed E-state index contributed by atoms with van der Waals surface area (Å²) in [6.07, 6.45) is 3.83. The van der Waals surface area contributed by atoms with Crippen molar-refractivity contribution in [2.45, 2.75) is 30.7 Å². The number of methoxy groups -OCH3 is 1. The lowest BCUT2D eigenvalue weighted by molar-refractivity contribution is -0.141. The molecule has 1 heterocycles. The summed E-state index contributed by atoms with van der Waals surface area (Å²) in [6.45, 7) is -0.0918. The minimum atomic E-state index is -3.35. The normalized spacial score (nSPS) is 16.0. The van der Waals surface area contributed by atoms with Crippen molar-refractivity contribution >= 4 is 43.3 Å². The zero-order valence-electron chi connectivity index (χ0n) is 13.9. The molecular weight excluding hydrogens is 364 g/mol. The number of benzene rings is 1. The molecule has 1 aromatic carbocycles. The number of rotatable bonds is 4. The maximum atomic E-state index is 12.2. The number of hydrogen-bond acceptors (Lipinski definition) is 6. The average Bonchev–Trinajstić information content (AvgIpc) is 2.81. The number of fused-ring (bicyclic) bond motifs is 1. The molecular formula is C16H18N2O5S2. The molecule has 2 aromatic rings. The number of carbonyl (C=O) groups is 2. The molecule has 0 aliphatic heterocycles. The van der Waals surface area contributed by atoms with Crippen LogP contribution in [0.25, 0.3) is 10.2 Å². The van der Waals surface area contributed by atoms with Gasteiger partial charge in [0.25, 0.3) is 5.91 Å². The maximum Gasteiger partial charge on any atom is 0.325 e. The van der Waals surface area contributed by atoms with Crippen molar-refractivity contribution in [2.75, 3.05) is 13.4 Å². The molecule has 1 aliphatic rings. The van der Waals surface area contributed by atoms with E-state index in [0.29, 0.717) is 15.0 Å². The fourth-order valence-electron chi connectivity index (χ4n) is 2.56. The van der Waals surface area contributed by atoms with E-state index in [0.717, 1.165) is 25.5 Å². The van der Waals surface area contributed by atoms with Crippen LogP contribution in [0.4, 0.5) is 0 Å². The summed E-state index contributed by atoms with van der Waals surface area (Å²) >= 11 is 1.19. The van der Waals surface area contributed by atoms with Gasteiger partial charge in [0.05, 0.1) is 22.2 Å². The van der Waals surface area contributed by atoms with Gasteiger partial charge in [0.2, 0.25) is 0 Å². The smallest absolute Gasteiger partial charge is 0.325 e. The number of sulfone groups is 1. The lowest BCUT2D eigenvalue weighted by Gasteiger charge is -2.20. The van der Waals surface area contributed by atoms with E-state index in [2.05, 4.69) is 4.99 Å². The molecule has 134 valence electrons. The van der Waals surface area contributed by atoms with Gasteiger partial charge < -0.3 is 9.30 Å². The molecule has 0 radical (unpaired) electrons. The van der Waals surface area contributed by atoms with E-state index in [1.54, 1.807) is 10.6 Å². The fourth-order valence-corrected chi connectivity index (χ4v) is 4.35. The molecule has 0 bridgehead atoms. The van der Waals surface area contributed by atoms with Crippen LogP contribution in [-0.2, 0) is 30.7 Å². The SMILES string of the molecule is COC(=O)Cn1c(=NC(=O)C2CCC2)sc2cc(S(C)(=O)=O)ccc21. The number of ether oxygens (including phenoxy) is 1. The Labute approximate surface area is 148 Å². The van der Waals surface area contributed by atoms with Gasteiger partial charge in [0, 0.05) is 12.2 Å². The molecule has 0 spiro atoms. The quantitative estimate of drug-likeness (QED) is 0.747. The van der Waals surface area contributed by atoms with Crippen LogP contribution in [0.3, 0.4) is 0 Å². The Morgan fingerprint density at radius 1 is 1.36 bits per heavy atom. The van der Waals surface area contributed by atoms with Gasteiger partial charge in [0.15, 0.2) is 14.6 Å². The molecule has 1 aromatic heterocycles. The lowest BCUT2D eigenvalue weighted by Crippen LogP contribution is -2.26. The third-order valence-corrected chi connectivity index (χ3v) is 6.41. The lowest BCUT2D eigenvalue weighted by atomic mass is 9.85. The minimum absolute atomic E-state index is 0.0524. The second-order valence-electron chi connectivity index (χ2n) is 6.03. The monoisotopic (exact) mass is 382 g/mol. The number of esters is 1. The summed E-state index contributed by atoms with van der Waals surface area (Å²) in [4.78, 5) is 28.7. The molecule has 0 saturated heterocycles. The molecule has 3 rings (SSSR count).